The van der Waals surface area contributed by atoms with E-state index in [1.807, 2.05) is 43.3 Å². The third kappa shape index (κ3) is 22.4. The summed E-state index contributed by atoms with van der Waals surface area (Å²) in [6.07, 6.45) is 2.73. The molecule has 0 aromatic heterocycles. The van der Waals surface area contributed by atoms with Gasteiger partial charge in [-0.25, -0.2) is 17.6 Å². The molecule has 0 aliphatic heterocycles. The van der Waals surface area contributed by atoms with Crippen LogP contribution >= 0.6 is 23.1 Å². The fraction of sp³-hybridized carbons (Fsp3) is 0.206. The van der Waals surface area contributed by atoms with Crippen molar-refractivity contribution in [1.82, 2.24) is 0 Å². The molecule has 0 aliphatic rings. The zero-order valence-electron chi connectivity index (χ0n) is 44.5. The van der Waals surface area contributed by atoms with Crippen LogP contribution in [0.15, 0.2) is 199 Å². The van der Waals surface area contributed by atoms with Crippen molar-refractivity contribution < 1.29 is 55.8 Å². The molecule has 2 unspecified atom stereocenters. The summed E-state index contributed by atoms with van der Waals surface area (Å²) in [4.78, 5) is 22.4. The molecule has 0 radical (unpaired) electrons. The number of hydrogen-bond acceptors (Lipinski definition) is 8. The maximum atomic E-state index is 13.4. The molecular weight excluding hydrogens is 1070 g/mol. The quantitative estimate of drug-likeness (QED) is 0.0496. The number of aliphatic hydroxyl groups is 1. The van der Waals surface area contributed by atoms with Gasteiger partial charge in [0.25, 0.3) is 0 Å². The van der Waals surface area contributed by atoms with Gasteiger partial charge in [-0.15, -0.1) is 0 Å². The summed E-state index contributed by atoms with van der Waals surface area (Å²) in [5, 5.41) is 10.2. The topological polar surface area (TPSA) is 108 Å². The first-order valence-corrected chi connectivity index (χ1v) is 27.9. The smallest absolute Gasteiger partial charge is 0.196 e. The van der Waals surface area contributed by atoms with Crippen LogP contribution in [0, 0.1) is 23.3 Å². The molecular formula is C63H66BrF4O8P. The molecule has 14 heteroatoms. The van der Waals surface area contributed by atoms with Crippen LogP contribution in [0.2, 0.25) is 0 Å². The molecule has 0 saturated heterocycles. The van der Waals surface area contributed by atoms with E-state index in [-0.39, 0.29) is 29.2 Å². The van der Waals surface area contributed by atoms with E-state index in [0.29, 0.717) is 45.1 Å². The van der Waals surface area contributed by atoms with E-state index >= 15 is 0 Å². The number of aliphatic hydroxyl groups excluding tert-OH is 1. The van der Waals surface area contributed by atoms with E-state index in [9.17, 15) is 36.8 Å². The SMILES string of the molecule is CCCC(c1cccc(F)c1)c1ccccc1OC.CCP(C)(C)=O.COc1ccccc1C(=O)c1cccc(F)c1.COc1ccccc1C(O)c1cccc(F)c1.COc1ccccc1C=O.Fc1cccc(Br)c1. The highest BCUT2D eigenvalue weighted by Crippen LogP contribution is 2.36. The lowest BCUT2D eigenvalue weighted by Crippen LogP contribution is -2.04. The van der Waals surface area contributed by atoms with Gasteiger partial charge >= 0.3 is 0 Å². The number of aldehydes is 1. The molecule has 0 saturated carbocycles. The molecule has 0 heterocycles. The van der Waals surface area contributed by atoms with Crippen LogP contribution in [0.1, 0.15) is 87.2 Å². The standard InChI is InChI=1S/C17H19FO.C14H13FO2.C14H11FO2.C8H8O2.C6H4BrF.C4H11OP/c1-3-7-15(13-8-6-9-14(18)12-13)16-10-4-5-11-17(16)19-2;2*1-17-13-8-3-2-7-12(13)14(16)10-5-4-6-11(15)9-10;1-10-8-5-3-2-4-7(8)6-9;7-5-2-1-3-6(8)4-5;1-4-6(2,3)5/h4-6,8-12,15H,3,7H2,1-2H3;2-9,14,16H,1H3;2-9H,1H3;2-6H,1H3;1-4H;4H2,1-3H3. The Morgan fingerprint density at radius 3 is 1.44 bits per heavy atom. The Morgan fingerprint density at radius 1 is 0.545 bits per heavy atom. The fourth-order valence-electron chi connectivity index (χ4n) is 7.06. The highest BCUT2D eigenvalue weighted by molar-refractivity contribution is 9.10. The van der Waals surface area contributed by atoms with Crippen molar-refractivity contribution in [2.45, 2.75) is 38.7 Å². The molecule has 0 bridgehead atoms. The number of benzene rings is 8. The van der Waals surface area contributed by atoms with E-state index < -0.39 is 19.1 Å². The predicted molar refractivity (Wildman–Crippen MR) is 305 cm³/mol. The highest BCUT2D eigenvalue weighted by Gasteiger charge is 2.19. The number of hydrogen-bond donors (Lipinski definition) is 1. The summed E-state index contributed by atoms with van der Waals surface area (Å²) in [6, 6.07) is 53.7. The number of carbonyl (C=O) groups is 2. The molecule has 8 aromatic carbocycles. The summed E-state index contributed by atoms with van der Waals surface area (Å²) in [6.45, 7) is 7.68. The van der Waals surface area contributed by atoms with E-state index in [0.717, 1.165) is 46.6 Å². The number of carbonyl (C=O) groups excluding carboxylic acids is 2. The van der Waals surface area contributed by atoms with Gasteiger partial charge < -0.3 is 28.6 Å². The molecule has 0 aliphatic carbocycles. The van der Waals surface area contributed by atoms with Crippen molar-refractivity contribution in [2.24, 2.45) is 0 Å². The molecule has 2 atom stereocenters. The van der Waals surface area contributed by atoms with Gasteiger partial charge in [0.1, 0.15) is 52.4 Å². The minimum atomic E-state index is -1.65. The second-order valence-corrected chi connectivity index (χ2v) is 21.8. The molecule has 1 N–H and O–H groups in total. The number of methoxy groups -OCH3 is 4. The van der Waals surface area contributed by atoms with Gasteiger partial charge in [-0.2, -0.15) is 0 Å². The van der Waals surface area contributed by atoms with Crippen LogP contribution in [-0.4, -0.2) is 65.1 Å². The van der Waals surface area contributed by atoms with E-state index in [2.05, 4.69) is 28.9 Å². The molecule has 0 spiro atoms. The number of para-hydroxylation sites is 4. The summed E-state index contributed by atoms with van der Waals surface area (Å²) in [5.41, 5.74) is 4.60. The summed E-state index contributed by atoms with van der Waals surface area (Å²) >= 11 is 3.12. The summed E-state index contributed by atoms with van der Waals surface area (Å²) < 4.78 is 83.7. The van der Waals surface area contributed by atoms with Gasteiger partial charge in [0.05, 0.1) is 46.7 Å². The van der Waals surface area contributed by atoms with Crippen molar-refractivity contribution >= 4 is 35.1 Å². The average Bonchev–Trinajstić information content (AvgIpc) is 3.44. The number of ketones is 1. The zero-order chi connectivity index (χ0) is 56.8. The Hall–Kier alpha value is -7.31. The highest BCUT2D eigenvalue weighted by atomic mass is 79.9. The molecule has 406 valence electrons. The average molecular weight is 1140 g/mol. The minimum absolute atomic E-state index is 0.178. The predicted octanol–water partition coefficient (Wildman–Crippen LogP) is 16.5. The first-order chi connectivity index (χ1) is 36.9. The lowest BCUT2D eigenvalue weighted by Gasteiger charge is -2.20. The maximum absolute atomic E-state index is 13.4. The van der Waals surface area contributed by atoms with Gasteiger partial charge in [-0.1, -0.05) is 139 Å². The third-order valence-electron chi connectivity index (χ3n) is 11.2. The Kier molecular flexibility index (Phi) is 28.6. The van der Waals surface area contributed by atoms with Crippen LogP contribution in [0.4, 0.5) is 17.6 Å². The van der Waals surface area contributed by atoms with Gasteiger partial charge in [0.2, 0.25) is 0 Å². The minimum Gasteiger partial charge on any atom is -0.496 e. The van der Waals surface area contributed by atoms with Gasteiger partial charge in [-0.05, 0) is 128 Å². The Balaban J connectivity index is 0.000000253. The number of rotatable bonds is 14. The lowest BCUT2D eigenvalue weighted by molar-refractivity contribution is 0.103. The molecule has 0 fully saturated rings. The first-order valence-electron chi connectivity index (χ1n) is 24.3. The molecule has 8 rings (SSSR count). The lowest BCUT2D eigenvalue weighted by atomic mass is 9.87. The van der Waals surface area contributed by atoms with E-state index in [1.54, 1.807) is 131 Å². The molecule has 77 heavy (non-hydrogen) atoms. The number of ether oxygens (including phenoxy) is 4. The largest absolute Gasteiger partial charge is 0.496 e. The Bertz CT molecular complexity index is 3080. The van der Waals surface area contributed by atoms with Crippen LogP contribution in [0.5, 0.6) is 23.0 Å². The van der Waals surface area contributed by atoms with Crippen molar-refractivity contribution in [3.63, 3.8) is 0 Å². The Morgan fingerprint density at radius 2 is 0.974 bits per heavy atom. The second-order valence-electron chi connectivity index (χ2n) is 17.1. The van der Waals surface area contributed by atoms with Crippen molar-refractivity contribution in [1.29, 1.82) is 0 Å². The van der Waals surface area contributed by atoms with Gasteiger partial charge in [0.15, 0.2) is 12.1 Å². The monoisotopic (exact) mass is 1140 g/mol. The van der Waals surface area contributed by atoms with Gasteiger partial charge in [-0.3, -0.25) is 9.59 Å². The van der Waals surface area contributed by atoms with Crippen LogP contribution in [0.3, 0.4) is 0 Å². The van der Waals surface area contributed by atoms with Crippen molar-refractivity contribution in [2.75, 3.05) is 47.9 Å². The zero-order valence-corrected chi connectivity index (χ0v) is 47.0. The molecule has 8 aromatic rings. The van der Waals surface area contributed by atoms with E-state index in [1.165, 1.54) is 62.8 Å². The van der Waals surface area contributed by atoms with Crippen molar-refractivity contribution in [3.8, 4) is 23.0 Å². The normalized spacial score (nSPS) is 10.9. The van der Waals surface area contributed by atoms with Gasteiger partial charge in [0, 0.05) is 27.1 Å². The van der Waals surface area contributed by atoms with Crippen LogP contribution in [0.25, 0.3) is 0 Å². The summed E-state index contributed by atoms with van der Waals surface area (Å²) in [7, 11) is 4.61. The fourth-order valence-corrected chi connectivity index (χ4v) is 7.43. The number of halogens is 5. The second kappa shape index (κ2) is 34.4. The van der Waals surface area contributed by atoms with Crippen LogP contribution in [-0.2, 0) is 4.57 Å². The molecule has 8 nitrogen and oxygen atoms in total. The summed E-state index contributed by atoms with van der Waals surface area (Å²) in [5.74, 6) is 1.31. The first kappa shape index (κ1) is 64.0. The molecule has 0 amide bonds. The maximum Gasteiger partial charge on any atom is 0.196 e. The van der Waals surface area contributed by atoms with Crippen molar-refractivity contribution in [3.05, 3.63) is 261 Å². The Labute approximate surface area is 459 Å². The van der Waals surface area contributed by atoms with Crippen LogP contribution < -0.4 is 18.9 Å². The van der Waals surface area contributed by atoms with E-state index in [4.69, 9.17) is 18.9 Å². The third-order valence-corrected chi connectivity index (χ3v) is 13.2.